The average Bonchev–Trinajstić information content (AvgIpc) is 3.60. The first-order valence-corrected chi connectivity index (χ1v) is 20.4. The summed E-state index contributed by atoms with van der Waals surface area (Å²) in [7, 11) is -4.20. The molecule has 0 saturated heterocycles. The van der Waals surface area contributed by atoms with E-state index in [0.717, 1.165) is 25.2 Å². The molecule has 0 unspecified atom stereocenters. The number of ether oxygens (including phenoxy) is 4. The Balaban J connectivity index is 0.949. The SMILES string of the molecule is CCN(CC)c1ccc2cc(C(=O)OCCCCOc3cc4ccc(=O)oc4cc3OCCCCCCOc3no[n+]([O-])c3S(=O)(=O)c3ccccc3)c(=O)oc2c1. The minimum Gasteiger partial charge on any atom is -0.490 e. The third-order valence-electron chi connectivity index (χ3n) is 9.17. The van der Waals surface area contributed by atoms with Crippen molar-refractivity contribution in [1.29, 1.82) is 0 Å². The number of sulfone groups is 1. The predicted octanol–water partition coefficient (Wildman–Crippen LogP) is 6.23. The molecule has 0 aliphatic rings. The van der Waals surface area contributed by atoms with Gasteiger partial charge in [0.15, 0.2) is 11.5 Å². The number of unbranched alkanes of at least 4 members (excludes halogenated alkanes) is 4. The van der Waals surface area contributed by atoms with Crippen LogP contribution in [0.2, 0.25) is 0 Å². The summed E-state index contributed by atoms with van der Waals surface area (Å²) in [6.45, 7) is 6.41. The number of benzene rings is 3. The number of hydrogen-bond donors (Lipinski definition) is 0. The molecular weight excluding hydrogens is 775 g/mol. The van der Waals surface area contributed by atoms with Gasteiger partial charge >= 0.3 is 28.1 Å². The van der Waals surface area contributed by atoms with Crippen LogP contribution in [0.15, 0.2) is 112 Å². The molecule has 0 atom stereocenters. The van der Waals surface area contributed by atoms with Crippen LogP contribution in [0.25, 0.3) is 21.9 Å². The van der Waals surface area contributed by atoms with Gasteiger partial charge in [0.05, 0.1) is 36.5 Å². The largest absolute Gasteiger partial charge is 0.490 e. The van der Waals surface area contributed by atoms with Crippen LogP contribution in [-0.4, -0.2) is 59.1 Å². The third-order valence-corrected chi connectivity index (χ3v) is 10.9. The molecule has 3 aromatic heterocycles. The van der Waals surface area contributed by atoms with Gasteiger partial charge in [-0.25, -0.2) is 22.8 Å². The van der Waals surface area contributed by atoms with Crippen molar-refractivity contribution in [2.45, 2.75) is 62.3 Å². The Bertz CT molecular complexity index is 2560. The Morgan fingerprint density at radius 1 is 0.741 bits per heavy atom. The van der Waals surface area contributed by atoms with Crippen LogP contribution >= 0.6 is 0 Å². The Kier molecular flexibility index (Phi) is 13.7. The van der Waals surface area contributed by atoms with E-state index in [1.807, 2.05) is 26.0 Å². The Morgan fingerprint density at radius 2 is 1.36 bits per heavy atom. The van der Waals surface area contributed by atoms with E-state index in [1.54, 1.807) is 30.3 Å². The molecule has 58 heavy (non-hydrogen) atoms. The van der Waals surface area contributed by atoms with Gasteiger partial charge in [-0.2, -0.15) is 0 Å². The fourth-order valence-electron chi connectivity index (χ4n) is 6.11. The van der Waals surface area contributed by atoms with Crippen LogP contribution in [0.3, 0.4) is 0 Å². The molecule has 17 heteroatoms. The molecule has 0 radical (unpaired) electrons. The lowest BCUT2D eigenvalue weighted by Gasteiger charge is -2.20. The number of nitrogens with zero attached hydrogens (tertiary/aromatic N) is 3. The summed E-state index contributed by atoms with van der Waals surface area (Å²) < 4.78 is 64.1. The lowest BCUT2D eigenvalue weighted by molar-refractivity contribution is -0.832. The lowest BCUT2D eigenvalue weighted by Crippen LogP contribution is -2.30. The molecule has 0 N–H and O–H groups in total. The minimum absolute atomic E-state index is 0.0586. The maximum atomic E-state index is 12.9. The molecule has 3 heterocycles. The highest BCUT2D eigenvalue weighted by Crippen LogP contribution is 2.33. The van der Waals surface area contributed by atoms with Crippen LogP contribution in [0, 0.1) is 5.21 Å². The number of rotatable bonds is 21. The van der Waals surface area contributed by atoms with Crippen molar-refractivity contribution in [1.82, 2.24) is 5.16 Å². The second-order valence-electron chi connectivity index (χ2n) is 13.1. The average molecular weight is 818 g/mol. The summed E-state index contributed by atoms with van der Waals surface area (Å²) in [5.41, 5.74) is 0.210. The number of anilines is 1. The summed E-state index contributed by atoms with van der Waals surface area (Å²) in [5.74, 6) is -0.348. The highest BCUT2D eigenvalue weighted by atomic mass is 32.2. The molecule has 6 rings (SSSR count). The van der Waals surface area contributed by atoms with Crippen LogP contribution < -0.4 is 35.3 Å². The molecule has 0 aliphatic heterocycles. The van der Waals surface area contributed by atoms with Gasteiger partial charge in [0.1, 0.15) is 16.7 Å². The van der Waals surface area contributed by atoms with Gasteiger partial charge in [-0.3, -0.25) is 4.63 Å². The highest BCUT2D eigenvalue weighted by molar-refractivity contribution is 7.91. The quantitative estimate of drug-likeness (QED) is 0.0342. The van der Waals surface area contributed by atoms with Crippen LogP contribution in [-0.2, 0) is 14.6 Å². The van der Waals surface area contributed by atoms with Crippen molar-refractivity contribution in [3.05, 3.63) is 110 Å². The molecular formula is C41H43N3O13S. The zero-order chi connectivity index (χ0) is 41.1. The van der Waals surface area contributed by atoms with Gasteiger partial charge in [0.25, 0.3) is 9.84 Å². The Morgan fingerprint density at radius 3 is 2.09 bits per heavy atom. The van der Waals surface area contributed by atoms with Crippen molar-refractivity contribution >= 4 is 43.4 Å². The van der Waals surface area contributed by atoms with E-state index in [4.69, 9.17) is 27.8 Å². The van der Waals surface area contributed by atoms with Crippen molar-refractivity contribution in [2.24, 2.45) is 0 Å². The van der Waals surface area contributed by atoms with E-state index in [1.165, 1.54) is 36.4 Å². The minimum atomic E-state index is -4.20. The van der Waals surface area contributed by atoms with Crippen LogP contribution in [0.5, 0.6) is 17.4 Å². The number of carbonyl (C=O) groups is 1. The smallest absolute Gasteiger partial charge is 0.414 e. The first-order chi connectivity index (χ1) is 28.1. The van der Waals surface area contributed by atoms with Gasteiger partial charge in [-0.05, 0) is 99.7 Å². The molecule has 3 aromatic carbocycles. The molecule has 0 spiro atoms. The Labute approximate surface area is 332 Å². The zero-order valence-corrected chi connectivity index (χ0v) is 32.9. The molecule has 0 fully saturated rings. The normalized spacial score (nSPS) is 11.5. The molecule has 6 aromatic rings. The fourth-order valence-corrected chi connectivity index (χ4v) is 7.40. The topological polar surface area (TPSA) is 205 Å². The van der Waals surface area contributed by atoms with E-state index in [-0.39, 0.29) is 35.2 Å². The fraction of sp³-hybridized carbons (Fsp3) is 0.341. The maximum absolute atomic E-state index is 12.9. The number of carbonyl (C=O) groups excluding carboxylic acids is 1. The lowest BCUT2D eigenvalue weighted by atomic mass is 10.1. The third kappa shape index (κ3) is 9.95. The van der Waals surface area contributed by atoms with Crippen molar-refractivity contribution in [3.8, 4) is 17.4 Å². The molecule has 0 amide bonds. The maximum Gasteiger partial charge on any atom is 0.414 e. The van der Waals surface area contributed by atoms with E-state index < -0.39 is 38.0 Å². The summed E-state index contributed by atoms with van der Waals surface area (Å²) >= 11 is 0. The second-order valence-corrected chi connectivity index (χ2v) is 15.0. The predicted molar refractivity (Wildman–Crippen MR) is 210 cm³/mol. The number of aromatic nitrogens is 2. The van der Waals surface area contributed by atoms with E-state index in [2.05, 4.69) is 14.7 Å². The summed E-state index contributed by atoms with van der Waals surface area (Å²) in [6.07, 6.45) is 3.58. The van der Waals surface area contributed by atoms with Gasteiger partial charge < -0.3 is 37.9 Å². The van der Waals surface area contributed by atoms with E-state index >= 15 is 0 Å². The Hall–Kier alpha value is -6.36. The summed E-state index contributed by atoms with van der Waals surface area (Å²) in [4.78, 5) is 39.1. The molecule has 0 bridgehead atoms. The standard InChI is InChI=1S/C41H43N3O13S/c1-3-43(4-2)30-18-16-28-24-32(41(47)56-33(28)26-30)40(46)54-23-13-12-21-51-35-25-29-17-19-37(45)55-34(29)27-36(35)52-20-10-5-6-11-22-53-38-39(44(48)57-42-38)58(49,50)31-14-8-7-9-15-31/h7-9,14-19,24-27H,3-6,10-13,20-23H2,1-2H3. The molecule has 306 valence electrons. The highest BCUT2D eigenvalue weighted by Gasteiger charge is 2.35. The van der Waals surface area contributed by atoms with E-state index in [0.29, 0.717) is 72.1 Å². The van der Waals surface area contributed by atoms with Crippen molar-refractivity contribution in [3.63, 3.8) is 0 Å². The van der Waals surface area contributed by atoms with Crippen molar-refractivity contribution in [2.75, 3.05) is 44.4 Å². The monoisotopic (exact) mass is 817 g/mol. The number of esters is 1. The first kappa shape index (κ1) is 41.3. The van der Waals surface area contributed by atoms with Gasteiger partial charge in [0, 0.05) is 47.7 Å². The van der Waals surface area contributed by atoms with Crippen molar-refractivity contribution < 1.29 is 50.5 Å². The van der Waals surface area contributed by atoms with Crippen LogP contribution in [0.1, 0.15) is 62.7 Å². The molecule has 0 saturated carbocycles. The number of hydrogen-bond acceptors (Lipinski definition) is 15. The van der Waals surface area contributed by atoms with Gasteiger partial charge in [-0.1, -0.05) is 18.2 Å². The first-order valence-electron chi connectivity index (χ1n) is 18.9. The van der Waals surface area contributed by atoms with Crippen LogP contribution in [0.4, 0.5) is 5.69 Å². The zero-order valence-electron chi connectivity index (χ0n) is 32.0. The van der Waals surface area contributed by atoms with Gasteiger partial charge in [-0.15, -0.1) is 0 Å². The number of fused-ring (bicyclic) bond motifs is 2. The van der Waals surface area contributed by atoms with E-state index in [9.17, 15) is 28.0 Å². The molecule has 16 nitrogen and oxygen atoms in total. The summed E-state index contributed by atoms with van der Waals surface area (Å²) in [6, 6.07) is 20.7. The summed E-state index contributed by atoms with van der Waals surface area (Å²) in [5, 5.41) is 16.1. The molecule has 0 aliphatic carbocycles. The second kappa shape index (κ2) is 19.2. The van der Waals surface area contributed by atoms with Gasteiger partial charge in [0.2, 0.25) is 0 Å².